The van der Waals surface area contributed by atoms with Crippen LogP contribution in [0, 0.1) is 0 Å². The van der Waals surface area contributed by atoms with E-state index in [1.54, 1.807) is 10.2 Å². The van der Waals surface area contributed by atoms with Crippen LogP contribution in [0.3, 0.4) is 0 Å². The fourth-order valence-corrected chi connectivity index (χ4v) is 2.01. The Morgan fingerprint density at radius 1 is 1.19 bits per heavy atom. The Hall–Kier alpha value is -1.93. The van der Waals surface area contributed by atoms with Gasteiger partial charge in [-0.2, -0.15) is 22.0 Å². The topological polar surface area (TPSA) is 45.2 Å². The molecule has 4 nitrogen and oxygen atoms in total. The van der Waals surface area contributed by atoms with Gasteiger partial charge in [-0.15, -0.1) is 0 Å². The predicted molar refractivity (Wildman–Crippen MR) is 65.3 cm³/mol. The van der Waals surface area contributed by atoms with Gasteiger partial charge in [-0.25, -0.2) is 4.98 Å². The van der Waals surface area contributed by atoms with Gasteiger partial charge in [-0.3, -0.25) is 4.79 Å². The highest BCUT2D eigenvalue weighted by Crippen LogP contribution is 2.37. The molecule has 1 saturated heterocycles. The molecule has 0 atom stereocenters. The second kappa shape index (κ2) is 5.45. The molecule has 0 aromatic carbocycles. The van der Waals surface area contributed by atoms with E-state index in [1.165, 1.54) is 18.3 Å². The molecule has 0 unspecified atom stereocenters. The Bertz CT molecular complexity index is 526. The molecule has 21 heavy (non-hydrogen) atoms. The molecule has 9 heteroatoms. The number of halogens is 5. The Kier molecular flexibility index (Phi) is 4.02. The molecule has 116 valence electrons. The van der Waals surface area contributed by atoms with Crippen molar-refractivity contribution in [1.82, 2.24) is 4.98 Å². The first kappa shape index (κ1) is 15.5. The molecule has 1 aromatic heterocycles. The lowest BCUT2D eigenvalue weighted by atomic mass is 10.2. The second-order valence-electron chi connectivity index (χ2n) is 4.60. The maximum absolute atomic E-state index is 12.9. The molecule has 2 rings (SSSR count). The average Bonchev–Trinajstić information content (AvgIpc) is 2.91. The number of nitrogens with one attached hydrogen (secondary N) is 1. The lowest BCUT2D eigenvalue weighted by molar-refractivity contribution is -0.267. The van der Waals surface area contributed by atoms with E-state index in [0.717, 1.165) is 12.8 Å². The van der Waals surface area contributed by atoms with Gasteiger partial charge in [-0.1, -0.05) is 0 Å². The summed E-state index contributed by atoms with van der Waals surface area (Å²) >= 11 is 0. The molecule has 1 aliphatic rings. The average molecular weight is 309 g/mol. The third-order valence-corrected chi connectivity index (χ3v) is 3.08. The summed E-state index contributed by atoms with van der Waals surface area (Å²) in [5.74, 6) is -7.67. The highest BCUT2D eigenvalue weighted by atomic mass is 19.4. The lowest BCUT2D eigenvalue weighted by Gasteiger charge is -2.22. The van der Waals surface area contributed by atoms with E-state index in [1.807, 2.05) is 0 Å². The fraction of sp³-hybridized carbons (Fsp3) is 0.500. The number of pyridine rings is 1. The van der Waals surface area contributed by atoms with Crippen LogP contribution in [-0.2, 0) is 4.79 Å². The minimum absolute atomic E-state index is 0.159. The number of amides is 1. The molecular weight excluding hydrogens is 297 g/mol. The third-order valence-electron chi connectivity index (χ3n) is 3.08. The molecule has 1 fully saturated rings. The smallest absolute Gasteiger partial charge is 0.355 e. The minimum Gasteiger partial charge on any atom is -0.355 e. The van der Waals surface area contributed by atoms with Crippen molar-refractivity contribution >= 4 is 17.4 Å². The van der Waals surface area contributed by atoms with E-state index in [4.69, 9.17) is 0 Å². The molecular formula is C12H12F5N3O. The number of alkyl halides is 5. The van der Waals surface area contributed by atoms with Gasteiger partial charge in [0.2, 0.25) is 0 Å². The molecule has 1 aromatic rings. The first-order valence-corrected chi connectivity index (χ1v) is 6.19. The van der Waals surface area contributed by atoms with E-state index in [2.05, 4.69) is 4.98 Å². The van der Waals surface area contributed by atoms with Crippen LogP contribution in [-0.4, -0.2) is 36.1 Å². The normalized spacial score (nSPS) is 16.1. The number of hydrogen-bond acceptors (Lipinski definition) is 3. The van der Waals surface area contributed by atoms with Crippen molar-refractivity contribution in [2.75, 3.05) is 23.3 Å². The van der Waals surface area contributed by atoms with Gasteiger partial charge in [0.15, 0.2) is 5.82 Å². The number of anilines is 2. The molecule has 1 N–H and O–H groups in total. The van der Waals surface area contributed by atoms with Crippen LogP contribution in [0.15, 0.2) is 18.3 Å². The van der Waals surface area contributed by atoms with Crippen molar-refractivity contribution < 1.29 is 26.7 Å². The Morgan fingerprint density at radius 2 is 1.81 bits per heavy atom. The van der Waals surface area contributed by atoms with Crippen molar-refractivity contribution in [2.45, 2.75) is 24.9 Å². The van der Waals surface area contributed by atoms with Gasteiger partial charge in [0, 0.05) is 19.3 Å². The highest BCUT2D eigenvalue weighted by Gasteiger charge is 2.63. The largest absolute Gasteiger partial charge is 0.463 e. The molecule has 0 saturated carbocycles. The van der Waals surface area contributed by atoms with Gasteiger partial charge >= 0.3 is 18.0 Å². The molecule has 0 radical (unpaired) electrons. The number of hydrogen-bond donors (Lipinski definition) is 1. The van der Waals surface area contributed by atoms with Crippen LogP contribution < -0.4 is 10.2 Å². The number of rotatable bonds is 3. The van der Waals surface area contributed by atoms with Crippen LogP contribution in [0.4, 0.5) is 33.5 Å². The van der Waals surface area contributed by atoms with E-state index >= 15 is 0 Å². The zero-order valence-corrected chi connectivity index (χ0v) is 10.8. The van der Waals surface area contributed by atoms with Gasteiger partial charge in [0.05, 0.1) is 5.69 Å². The monoisotopic (exact) mass is 309 g/mol. The predicted octanol–water partition coefficient (Wildman–Crippen LogP) is 2.82. The summed E-state index contributed by atoms with van der Waals surface area (Å²) in [5.41, 5.74) is -0.159. The van der Waals surface area contributed by atoms with E-state index < -0.39 is 18.0 Å². The molecule has 1 amide bonds. The summed E-state index contributed by atoms with van der Waals surface area (Å²) in [6.07, 6.45) is -2.83. The van der Waals surface area contributed by atoms with Gasteiger partial charge < -0.3 is 10.2 Å². The van der Waals surface area contributed by atoms with Crippen molar-refractivity contribution in [3.63, 3.8) is 0 Å². The zero-order chi connectivity index (χ0) is 15.7. The van der Waals surface area contributed by atoms with E-state index in [-0.39, 0.29) is 11.5 Å². The molecule has 1 aliphatic heterocycles. The SMILES string of the molecule is O=C(Nc1cccnc1N1CCCC1)C(F)(F)C(F)(F)F. The summed E-state index contributed by atoms with van der Waals surface area (Å²) < 4.78 is 62.3. The molecule has 0 bridgehead atoms. The number of carbonyl (C=O) groups excluding carboxylic acids is 1. The standard InChI is InChI=1S/C12H12F5N3O/c13-11(14,12(15,16)17)10(21)19-8-4-3-5-18-9(8)20-6-1-2-7-20/h3-5H,1-2,6-7H2,(H,19,21). The summed E-state index contributed by atoms with van der Waals surface area (Å²) in [5, 5.41) is 1.62. The van der Waals surface area contributed by atoms with E-state index in [0.29, 0.717) is 13.1 Å². The summed E-state index contributed by atoms with van der Waals surface area (Å²) in [6.45, 7) is 1.21. The van der Waals surface area contributed by atoms with Crippen LogP contribution >= 0.6 is 0 Å². The first-order valence-electron chi connectivity index (χ1n) is 6.19. The van der Waals surface area contributed by atoms with Crippen molar-refractivity contribution in [3.8, 4) is 0 Å². The highest BCUT2D eigenvalue weighted by molar-refractivity contribution is 5.98. The fourth-order valence-electron chi connectivity index (χ4n) is 2.01. The van der Waals surface area contributed by atoms with Crippen molar-refractivity contribution in [3.05, 3.63) is 18.3 Å². The second-order valence-corrected chi connectivity index (χ2v) is 4.60. The number of carbonyl (C=O) groups is 1. The number of aromatic nitrogens is 1. The first-order chi connectivity index (χ1) is 9.73. The summed E-state index contributed by atoms with van der Waals surface area (Å²) in [7, 11) is 0. The van der Waals surface area contributed by atoms with Gasteiger partial charge in [0.1, 0.15) is 0 Å². The van der Waals surface area contributed by atoms with E-state index in [9.17, 15) is 26.7 Å². The van der Waals surface area contributed by atoms with Crippen LogP contribution in [0.1, 0.15) is 12.8 Å². The van der Waals surface area contributed by atoms with Crippen molar-refractivity contribution in [2.24, 2.45) is 0 Å². The van der Waals surface area contributed by atoms with Crippen LogP contribution in [0.25, 0.3) is 0 Å². The third kappa shape index (κ3) is 3.06. The Balaban J connectivity index is 2.22. The number of nitrogens with zero attached hydrogens (tertiary/aromatic N) is 2. The summed E-state index contributed by atoms with van der Waals surface area (Å²) in [6, 6.07) is 2.59. The maximum atomic E-state index is 12.9. The van der Waals surface area contributed by atoms with Crippen molar-refractivity contribution in [1.29, 1.82) is 0 Å². The Morgan fingerprint density at radius 3 is 2.38 bits per heavy atom. The van der Waals surface area contributed by atoms with Crippen LogP contribution in [0.5, 0.6) is 0 Å². The quantitative estimate of drug-likeness (QED) is 0.873. The maximum Gasteiger partial charge on any atom is 0.463 e. The molecule has 0 spiro atoms. The van der Waals surface area contributed by atoms with Gasteiger partial charge in [-0.05, 0) is 25.0 Å². The molecule has 0 aliphatic carbocycles. The molecule has 2 heterocycles. The Labute approximate surface area is 116 Å². The zero-order valence-electron chi connectivity index (χ0n) is 10.8. The van der Waals surface area contributed by atoms with Crippen LogP contribution in [0.2, 0.25) is 0 Å². The lowest BCUT2D eigenvalue weighted by Crippen LogP contribution is -2.47. The van der Waals surface area contributed by atoms with Gasteiger partial charge in [0.25, 0.3) is 0 Å². The minimum atomic E-state index is -5.94. The summed E-state index contributed by atoms with van der Waals surface area (Å²) in [4.78, 5) is 16.9.